The lowest BCUT2D eigenvalue weighted by atomic mass is 10.1. The molecule has 2 aromatic rings. The van der Waals surface area contributed by atoms with Gasteiger partial charge < -0.3 is 20.8 Å². The summed E-state index contributed by atoms with van der Waals surface area (Å²) in [5.41, 5.74) is 0.532. The molecule has 0 unspecified atom stereocenters. The zero-order valence-corrected chi connectivity index (χ0v) is 10.4. The standard InChI is InChI=1S/C13H13N3O4/c17-7-11(12(18)19)16-13(20)15-10-3-1-2-8-6-14-5-4-9(8)10/h1-6,11,17H,7H2,(H,18,19)(H2,15,16,20)/t11-/m0/s1. The highest BCUT2D eigenvalue weighted by molar-refractivity contribution is 6.02. The number of fused-ring (bicyclic) bond motifs is 1. The number of amides is 2. The zero-order chi connectivity index (χ0) is 14.5. The van der Waals surface area contributed by atoms with Gasteiger partial charge in [-0.2, -0.15) is 0 Å². The molecular weight excluding hydrogens is 262 g/mol. The fraction of sp³-hybridized carbons (Fsp3) is 0.154. The van der Waals surface area contributed by atoms with Gasteiger partial charge in [0.1, 0.15) is 0 Å². The molecule has 1 aromatic heterocycles. The van der Waals surface area contributed by atoms with Crippen LogP contribution in [-0.2, 0) is 4.79 Å². The molecule has 1 aromatic carbocycles. The van der Waals surface area contributed by atoms with Crippen molar-refractivity contribution in [1.29, 1.82) is 0 Å². The van der Waals surface area contributed by atoms with Gasteiger partial charge in [-0.1, -0.05) is 12.1 Å². The lowest BCUT2D eigenvalue weighted by Crippen LogP contribution is -2.45. The first-order valence-corrected chi connectivity index (χ1v) is 5.85. The maximum atomic E-state index is 11.7. The van der Waals surface area contributed by atoms with E-state index in [-0.39, 0.29) is 0 Å². The number of carbonyl (C=O) groups excluding carboxylic acids is 1. The van der Waals surface area contributed by atoms with Crippen molar-refractivity contribution < 1.29 is 19.8 Å². The number of aromatic nitrogens is 1. The summed E-state index contributed by atoms with van der Waals surface area (Å²) in [4.78, 5) is 26.4. The summed E-state index contributed by atoms with van der Waals surface area (Å²) in [6, 6.07) is 4.99. The normalized spacial score (nSPS) is 11.8. The number of carboxylic acids is 1. The van der Waals surface area contributed by atoms with Crippen molar-refractivity contribution in [3.63, 3.8) is 0 Å². The van der Waals surface area contributed by atoms with Crippen molar-refractivity contribution in [2.24, 2.45) is 0 Å². The van der Waals surface area contributed by atoms with Crippen molar-refractivity contribution in [3.05, 3.63) is 36.7 Å². The topological polar surface area (TPSA) is 112 Å². The Labute approximate surface area is 114 Å². The monoisotopic (exact) mass is 275 g/mol. The average Bonchev–Trinajstić information content (AvgIpc) is 2.45. The van der Waals surface area contributed by atoms with Gasteiger partial charge in [-0.15, -0.1) is 0 Å². The van der Waals surface area contributed by atoms with Crippen molar-refractivity contribution in [2.45, 2.75) is 6.04 Å². The molecule has 0 saturated heterocycles. The van der Waals surface area contributed by atoms with Crippen LogP contribution >= 0.6 is 0 Å². The van der Waals surface area contributed by atoms with E-state index >= 15 is 0 Å². The number of benzene rings is 1. The molecule has 4 N–H and O–H groups in total. The van der Waals surface area contributed by atoms with Gasteiger partial charge >= 0.3 is 12.0 Å². The van der Waals surface area contributed by atoms with E-state index in [1.165, 1.54) is 0 Å². The number of rotatable bonds is 4. The first-order valence-electron chi connectivity index (χ1n) is 5.85. The number of carboxylic acid groups (broad SMARTS) is 1. The van der Waals surface area contributed by atoms with Gasteiger partial charge in [0.05, 0.1) is 12.3 Å². The number of nitrogens with zero attached hydrogens (tertiary/aromatic N) is 1. The lowest BCUT2D eigenvalue weighted by molar-refractivity contribution is -0.140. The SMILES string of the molecule is O=C(Nc1cccc2cnccc12)N[C@@H](CO)C(=O)O. The summed E-state index contributed by atoms with van der Waals surface area (Å²) in [7, 11) is 0. The molecule has 0 spiro atoms. The van der Waals surface area contributed by atoms with Crippen molar-refractivity contribution in [1.82, 2.24) is 10.3 Å². The Kier molecular flexibility index (Phi) is 4.11. The molecule has 0 aliphatic carbocycles. The Morgan fingerprint density at radius 2 is 2.10 bits per heavy atom. The van der Waals surface area contributed by atoms with Gasteiger partial charge in [0, 0.05) is 23.2 Å². The summed E-state index contributed by atoms with van der Waals surface area (Å²) in [5.74, 6) is -1.30. The number of aliphatic hydroxyl groups excluding tert-OH is 1. The van der Waals surface area contributed by atoms with Crippen LogP contribution in [0.5, 0.6) is 0 Å². The van der Waals surface area contributed by atoms with Gasteiger partial charge in [-0.3, -0.25) is 4.98 Å². The fourth-order valence-corrected chi connectivity index (χ4v) is 1.73. The lowest BCUT2D eigenvalue weighted by Gasteiger charge is -2.13. The van der Waals surface area contributed by atoms with E-state index in [4.69, 9.17) is 10.2 Å². The number of anilines is 1. The van der Waals surface area contributed by atoms with E-state index in [0.717, 1.165) is 10.8 Å². The number of aliphatic carboxylic acids is 1. The van der Waals surface area contributed by atoms with Crippen LogP contribution in [0.2, 0.25) is 0 Å². The summed E-state index contributed by atoms with van der Waals surface area (Å²) < 4.78 is 0. The highest BCUT2D eigenvalue weighted by Gasteiger charge is 2.18. The molecule has 0 aliphatic heterocycles. The third kappa shape index (κ3) is 3.01. The zero-order valence-electron chi connectivity index (χ0n) is 10.4. The van der Waals surface area contributed by atoms with Crippen LogP contribution in [0, 0.1) is 0 Å². The second-order valence-electron chi connectivity index (χ2n) is 4.07. The second kappa shape index (κ2) is 5.98. The first-order chi connectivity index (χ1) is 9.61. The minimum Gasteiger partial charge on any atom is -0.480 e. The van der Waals surface area contributed by atoms with E-state index in [9.17, 15) is 9.59 Å². The van der Waals surface area contributed by atoms with Crippen molar-refractivity contribution in [3.8, 4) is 0 Å². The molecule has 0 aliphatic rings. The second-order valence-corrected chi connectivity index (χ2v) is 4.07. The Morgan fingerprint density at radius 3 is 2.80 bits per heavy atom. The van der Waals surface area contributed by atoms with Gasteiger partial charge in [-0.05, 0) is 12.1 Å². The third-order valence-electron chi connectivity index (χ3n) is 2.71. The number of carbonyl (C=O) groups is 2. The maximum absolute atomic E-state index is 11.7. The van der Waals surface area contributed by atoms with Crippen LogP contribution in [0.1, 0.15) is 0 Å². The molecule has 2 rings (SSSR count). The predicted molar refractivity (Wildman–Crippen MR) is 72.4 cm³/mol. The molecule has 1 atom stereocenters. The van der Waals surface area contributed by atoms with Crippen LogP contribution in [0.3, 0.4) is 0 Å². The first kappa shape index (κ1) is 13.8. The number of aliphatic hydroxyl groups is 1. The number of urea groups is 1. The molecule has 2 amide bonds. The Morgan fingerprint density at radius 1 is 1.30 bits per heavy atom. The van der Waals surface area contributed by atoms with Crippen LogP contribution in [-0.4, -0.2) is 39.8 Å². The Bertz CT molecular complexity index is 639. The largest absolute Gasteiger partial charge is 0.480 e. The molecule has 0 bridgehead atoms. The molecule has 0 fully saturated rings. The van der Waals surface area contributed by atoms with Crippen LogP contribution in [0.15, 0.2) is 36.7 Å². The van der Waals surface area contributed by atoms with Gasteiger partial charge in [0.15, 0.2) is 6.04 Å². The summed E-state index contributed by atoms with van der Waals surface area (Å²) in [5, 5.41) is 24.0. The Hall–Kier alpha value is -2.67. The van der Waals surface area contributed by atoms with Crippen molar-refractivity contribution in [2.75, 3.05) is 11.9 Å². The quantitative estimate of drug-likeness (QED) is 0.659. The third-order valence-corrected chi connectivity index (χ3v) is 2.71. The summed E-state index contributed by atoms with van der Waals surface area (Å²) in [6.07, 6.45) is 3.26. The van der Waals surface area contributed by atoms with Gasteiger partial charge in [-0.25, -0.2) is 9.59 Å². The molecule has 0 radical (unpaired) electrons. The van der Waals surface area contributed by atoms with Crippen LogP contribution in [0.4, 0.5) is 10.5 Å². The molecular formula is C13H13N3O4. The fourth-order valence-electron chi connectivity index (χ4n) is 1.73. The Balaban J connectivity index is 2.16. The van der Waals surface area contributed by atoms with E-state index in [0.29, 0.717) is 5.69 Å². The molecule has 20 heavy (non-hydrogen) atoms. The number of hydrogen-bond acceptors (Lipinski definition) is 4. The molecule has 104 valence electrons. The van der Waals surface area contributed by atoms with E-state index in [2.05, 4.69) is 15.6 Å². The average molecular weight is 275 g/mol. The minimum absolute atomic E-state index is 0.532. The van der Waals surface area contributed by atoms with E-state index < -0.39 is 24.6 Å². The molecule has 7 nitrogen and oxygen atoms in total. The highest BCUT2D eigenvalue weighted by atomic mass is 16.4. The van der Waals surface area contributed by atoms with Gasteiger partial charge in [0.25, 0.3) is 0 Å². The summed E-state index contributed by atoms with van der Waals surface area (Å²) in [6.45, 7) is -0.678. The predicted octanol–water partition coefficient (Wildman–Crippen LogP) is 0.802. The van der Waals surface area contributed by atoms with E-state index in [1.807, 2.05) is 6.07 Å². The van der Waals surface area contributed by atoms with E-state index in [1.54, 1.807) is 30.6 Å². The number of nitrogens with one attached hydrogen (secondary N) is 2. The number of pyridine rings is 1. The molecule has 7 heteroatoms. The summed E-state index contributed by atoms with van der Waals surface area (Å²) >= 11 is 0. The molecule has 0 saturated carbocycles. The van der Waals surface area contributed by atoms with Crippen LogP contribution in [0.25, 0.3) is 10.8 Å². The maximum Gasteiger partial charge on any atom is 0.328 e. The highest BCUT2D eigenvalue weighted by Crippen LogP contribution is 2.21. The van der Waals surface area contributed by atoms with Crippen LogP contribution < -0.4 is 10.6 Å². The molecule has 1 heterocycles. The minimum atomic E-state index is -1.34. The smallest absolute Gasteiger partial charge is 0.328 e. The van der Waals surface area contributed by atoms with Crippen molar-refractivity contribution >= 4 is 28.5 Å². The van der Waals surface area contributed by atoms with Gasteiger partial charge in [0.2, 0.25) is 0 Å². The number of hydrogen-bond donors (Lipinski definition) is 4.